The molecule has 0 heterocycles. The van der Waals surface area contributed by atoms with Crippen LogP contribution in [0.15, 0.2) is 36.5 Å². The van der Waals surface area contributed by atoms with Crippen LogP contribution in [0, 0.1) is 11.3 Å². The summed E-state index contributed by atoms with van der Waals surface area (Å²) in [6, 6.07) is 1.97. The quantitative estimate of drug-likeness (QED) is 0.404. The van der Waals surface area contributed by atoms with E-state index in [-0.39, 0.29) is 0 Å². The van der Waals surface area contributed by atoms with Crippen molar-refractivity contribution in [2.75, 3.05) is 0 Å². The minimum Gasteiger partial charge on any atom is -0.192 e. The second kappa shape index (κ2) is 3.68. The first-order valence-corrected chi connectivity index (χ1v) is 2.60. The number of rotatable bonds is 2. The van der Waals surface area contributed by atoms with Gasteiger partial charge in [-0.25, -0.2) is 0 Å². The van der Waals surface area contributed by atoms with Crippen molar-refractivity contribution in [3.63, 3.8) is 0 Å². The van der Waals surface area contributed by atoms with Crippen molar-refractivity contribution in [3.05, 3.63) is 36.5 Å². The molecule has 0 rings (SSSR count). The zero-order valence-electron chi connectivity index (χ0n) is 5.52. The number of nitriles is 1. The molecule has 0 aliphatic carbocycles. The molecule has 1 nitrogen and oxygen atoms in total. The van der Waals surface area contributed by atoms with Crippen LogP contribution in [0.2, 0.25) is 0 Å². The highest BCUT2D eigenvalue weighted by Gasteiger charge is 1.83. The summed E-state index contributed by atoms with van der Waals surface area (Å²) >= 11 is 0. The fraction of sp³-hybridized carbons (Fsp3) is 0.125. The van der Waals surface area contributed by atoms with Crippen molar-refractivity contribution in [1.29, 1.82) is 5.26 Å². The molecule has 0 aromatic rings. The van der Waals surface area contributed by atoms with Gasteiger partial charge in [-0.15, -0.1) is 0 Å². The van der Waals surface area contributed by atoms with E-state index in [1.165, 1.54) is 6.08 Å². The molecule has 0 saturated heterocycles. The molecule has 46 valence electrons. The summed E-state index contributed by atoms with van der Waals surface area (Å²) in [6.45, 7) is 8.90. The Morgan fingerprint density at radius 3 is 2.33 bits per heavy atom. The van der Waals surface area contributed by atoms with E-state index < -0.39 is 0 Å². The minimum atomic E-state index is 0.558. The van der Waals surface area contributed by atoms with E-state index in [1.54, 1.807) is 6.08 Å². The van der Waals surface area contributed by atoms with Crippen molar-refractivity contribution in [1.82, 2.24) is 0 Å². The van der Waals surface area contributed by atoms with Gasteiger partial charge >= 0.3 is 0 Å². The normalized spacial score (nSPS) is 10.0. The first-order valence-electron chi connectivity index (χ1n) is 2.60. The van der Waals surface area contributed by atoms with Crippen LogP contribution in [0.3, 0.4) is 0 Å². The van der Waals surface area contributed by atoms with Crippen LogP contribution < -0.4 is 0 Å². The third kappa shape index (κ3) is 3.31. The monoisotopic (exact) mass is 119 g/mol. The number of allylic oxidation sites excluding steroid dienone is 4. The number of hydrogen-bond donors (Lipinski definition) is 0. The van der Waals surface area contributed by atoms with Crippen molar-refractivity contribution >= 4 is 0 Å². The predicted molar refractivity (Wildman–Crippen MR) is 38.7 cm³/mol. The van der Waals surface area contributed by atoms with Gasteiger partial charge < -0.3 is 0 Å². The molecule has 0 saturated carbocycles. The van der Waals surface area contributed by atoms with Gasteiger partial charge in [-0.3, -0.25) is 0 Å². The van der Waals surface area contributed by atoms with Gasteiger partial charge in [0.05, 0.1) is 11.6 Å². The predicted octanol–water partition coefficient (Wildman–Crippen LogP) is 2.20. The summed E-state index contributed by atoms with van der Waals surface area (Å²) < 4.78 is 0. The Balaban J connectivity index is 4.30. The summed E-state index contributed by atoms with van der Waals surface area (Å²) in [7, 11) is 0. The first-order chi connectivity index (χ1) is 4.20. The molecule has 0 unspecified atom stereocenters. The Morgan fingerprint density at radius 1 is 1.67 bits per heavy atom. The largest absolute Gasteiger partial charge is 0.192 e. The van der Waals surface area contributed by atoms with E-state index in [9.17, 15) is 0 Å². The Hall–Kier alpha value is -1.29. The molecule has 0 atom stereocenters. The van der Waals surface area contributed by atoms with Crippen LogP contribution in [0.25, 0.3) is 0 Å². The second-order valence-corrected chi connectivity index (χ2v) is 1.76. The maximum absolute atomic E-state index is 8.34. The molecular formula is C8H9N. The van der Waals surface area contributed by atoms with Crippen molar-refractivity contribution in [3.8, 4) is 6.07 Å². The van der Waals surface area contributed by atoms with E-state index in [0.29, 0.717) is 5.57 Å². The van der Waals surface area contributed by atoms with Crippen LogP contribution in [0.5, 0.6) is 0 Å². The lowest BCUT2D eigenvalue weighted by molar-refractivity contribution is 1.47. The lowest BCUT2D eigenvalue weighted by Crippen LogP contribution is -1.70. The molecule has 0 aromatic carbocycles. The average molecular weight is 119 g/mol. The van der Waals surface area contributed by atoms with Crippen LogP contribution in [-0.2, 0) is 0 Å². The van der Waals surface area contributed by atoms with Gasteiger partial charge in [0, 0.05) is 0 Å². The second-order valence-electron chi connectivity index (χ2n) is 1.76. The average Bonchev–Trinajstić information content (AvgIpc) is 1.82. The molecule has 0 amide bonds. The minimum absolute atomic E-state index is 0.558. The smallest absolute Gasteiger partial charge is 0.0991 e. The van der Waals surface area contributed by atoms with E-state index >= 15 is 0 Å². The van der Waals surface area contributed by atoms with E-state index in [1.807, 2.05) is 13.0 Å². The molecule has 0 aliphatic rings. The summed E-state index contributed by atoms with van der Waals surface area (Å²) in [4.78, 5) is 0. The summed E-state index contributed by atoms with van der Waals surface area (Å²) in [5, 5.41) is 8.34. The topological polar surface area (TPSA) is 23.8 Å². The van der Waals surface area contributed by atoms with E-state index in [0.717, 1.165) is 5.57 Å². The van der Waals surface area contributed by atoms with Crippen molar-refractivity contribution in [2.24, 2.45) is 0 Å². The third-order valence-electron chi connectivity index (χ3n) is 0.751. The first kappa shape index (κ1) is 7.71. The Bertz CT molecular complexity index is 191. The lowest BCUT2D eigenvalue weighted by atomic mass is 10.2. The molecule has 0 fully saturated rings. The van der Waals surface area contributed by atoms with Gasteiger partial charge in [0.1, 0.15) is 0 Å². The highest BCUT2D eigenvalue weighted by atomic mass is 14.2. The molecular weight excluding hydrogens is 110 g/mol. The van der Waals surface area contributed by atoms with Gasteiger partial charge in [0.25, 0.3) is 0 Å². The Morgan fingerprint density at radius 2 is 2.22 bits per heavy atom. The highest BCUT2D eigenvalue weighted by molar-refractivity contribution is 5.36. The molecule has 0 aliphatic heterocycles. The molecule has 0 bridgehead atoms. The van der Waals surface area contributed by atoms with Crippen molar-refractivity contribution < 1.29 is 0 Å². The van der Waals surface area contributed by atoms with Gasteiger partial charge in [0.15, 0.2) is 0 Å². The fourth-order valence-electron chi connectivity index (χ4n) is 0.402. The van der Waals surface area contributed by atoms with Gasteiger partial charge in [0.2, 0.25) is 0 Å². The van der Waals surface area contributed by atoms with Gasteiger partial charge in [-0.1, -0.05) is 24.8 Å². The van der Waals surface area contributed by atoms with Gasteiger partial charge in [-0.05, 0) is 13.0 Å². The van der Waals surface area contributed by atoms with Crippen LogP contribution in [0.1, 0.15) is 6.92 Å². The molecule has 9 heavy (non-hydrogen) atoms. The number of nitrogens with zero attached hydrogens (tertiary/aromatic N) is 1. The standard InChI is InChI=1S/C8H9N/c1-4-8(6-9)5-7(2)3/h4-5H,1-2H2,3H3. The maximum Gasteiger partial charge on any atom is 0.0991 e. The van der Waals surface area contributed by atoms with E-state index in [4.69, 9.17) is 5.26 Å². The lowest BCUT2D eigenvalue weighted by Gasteiger charge is -1.85. The van der Waals surface area contributed by atoms with Crippen LogP contribution >= 0.6 is 0 Å². The van der Waals surface area contributed by atoms with Crippen LogP contribution in [-0.4, -0.2) is 0 Å². The zero-order chi connectivity index (χ0) is 7.28. The number of hydrogen-bond acceptors (Lipinski definition) is 1. The summed E-state index contributed by atoms with van der Waals surface area (Å²) in [5.74, 6) is 0. The molecule has 1 heteroatoms. The SMILES string of the molecule is C=CC(C#N)=CC(=C)C. The maximum atomic E-state index is 8.34. The van der Waals surface area contributed by atoms with Crippen LogP contribution in [0.4, 0.5) is 0 Å². The van der Waals surface area contributed by atoms with E-state index in [2.05, 4.69) is 13.2 Å². The Kier molecular flexibility index (Phi) is 3.15. The highest BCUT2D eigenvalue weighted by Crippen LogP contribution is 1.98. The molecule has 0 spiro atoms. The molecule has 0 N–H and O–H groups in total. The zero-order valence-corrected chi connectivity index (χ0v) is 5.52. The van der Waals surface area contributed by atoms with Crippen molar-refractivity contribution in [2.45, 2.75) is 6.92 Å². The molecule has 0 aromatic heterocycles. The third-order valence-corrected chi connectivity index (χ3v) is 0.751. The fourth-order valence-corrected chi connectivity index (χ4v) is 0.402. The molecule has 0 radical (unpaired) electrons. The van der Waals surface area contributed by atoms with Gasteiger partial charge in [-0.2, -0.15) is 5.26 Å². The summed E-state index contributed by atoms with van der Waals surface area (Å²) in [5.41, 5.74) is 1.42. The Labute approximate surface area is 55.6 Å². The summed E-state index contributed by atoms with van der Waals surface area (Å²) in [6.07, 6.45) is 3.20.